The average molecular weight is 262 g/mol. The molecule has 1 aromatic carbocycles. The number of nitrogen functional groups attached to an aromatic ring is 1. The van der Waals surface area contributed by atoms with Crippen LogP contribution in [0.3, 0.4) is 0 Å². The molecule has 1 aromatic rings. The molecule has 1 amide bonds. The number of hydrogen-bond acceptors (Lipinski definition) is 2. The van der Waals surface area contributed by atoms with Gasteiger partial charge in [-0.05, 0) is 55.2 Å². The van der Waals surface area contributed by atoms with Gasteiger partial charge < -0.3 is 11.1 Å². The summed E-state index contributed by atoms with van der Waals surface area (Å²) in [4.78, 5) is 12.0. The second-order valence-electron chi connectivity index (χ2n) is 5.92. The molecule has 2 aliphatic carbocycles. The highest BCUT2D eigenvalue weighted by atomic mass is 19.1. The van der Waals surface area contributed by atoms with E-state index in [0.717, 1.165) is 11.8 Å². The van der Waals surface area contributed by atoms with E-state index in [4.69, 9.17) is 5.73 Å². The molecule has 0 radical (unpaired) electrons. The first-order valence-electron chi connectivity index (χ1n) is 6.96. The first-order valence-corrected chi connectivity index (χ1v) is 6.96. The molecule has 3 atom stereocenters. The number of nitrogens with one attached hydrogen (secondary N) is 1. The quantitative estimate of drug-likeness (QED) is 0.822. The molecule has 102 valence electrons. The van der Waals surface area contributed by atoms with Gasteiger partial charge in [0.15, 0.2) is 0 Å². The van der Waals surface area contributed by atoms with Crippen molar-refractivity contribution in [3.8, 4) is 0 Å². The van der Waals surface area contributed by atoms with E-state index < -0.39 is 5.82 Å². The molecule has 19 heavy (non-hydrogen) atoms. The van der Waals surface area contributed by atoms with Crippen LogP contribution in [-0.4, -0.2) is 5.91 Å². The van der Waals surface area contributed by atoms with Gasteiger partial charge in [-0.2, -0.15) is 0 Å². The van der Waals surface area contributed by atoms with Gasteiger partial charge >= 0.3 is 0 Å². The fourth-order valence-corrected chi connectivity index (χ4v) is 3.70. The van der Waals surface area contributed by atoms with E-state index in [9.17, 15) is 9.18 Å². The lowest BCUT2D eigenvalue weighted by atomic mass is 9.86. The van der Waals surface area contributed by atoms with Gasteiger partial charge in [-0.1, -0.05) is 6.42 Å². The lowest BCUT2D eigenvalue weighted by Crippen LogP contribution is -2.20. The minimum atomic E-state index is -0.453. The van der Waals surface area contributed by atoms with Gasteiger partial charge in [0, 0.05) is 12.1 Å². The Bertz CT molecular complexity index is 503. The third-order valence-corrected chi connectivity index (χ3v) is 4.61. The maximum atomic E-state index is 13.0. The number of benzene rings is 1. The molecule has 0 spiro atoms. The van der Waals surface area contributed by atoms with Crippen molar-refractivity contribution in [1.82, 2.24) is 0 Å². The molecule has 2 saturated carbocycles. The van der Waals surface area contributed by atoms with E-state index in [2.05, 4.69) is 5.32 Å². The molecular weight excluding hydrogens is 243 g/mol. The second-order valence-corrected chi connectivity index (χ2v) is 5.92. The summed E-state index contributed by atoms with van der Waals surface area (Å²) >= 11 is 0. The highest BCUT2D eigenvalue weighted by Crippen LogP contribution is 2.49. The summed E-state index contributed by atoms with van der Waals surface area (Å²) < 4.78 is 13.0. The Morgan fingerprint density at radius 3 is 2.84 bits per heavy atom. The molecule has 0 heterocycles. The minimum absolute atomic E-state index is 0.0172. The summed E-state index contributed by atoms with van der Waals surface area (Å²) in [7, 11) is 0. The Balaban J connectivity index is 1.57. The number of rotatable bonds is 3. The van der Waals surface area contributed by atoms with Gasteiger partial charge in [-0.25, -0.2) is 4.39 Å². The van der Waals surface area contributed by atoms with Gasteiger partial charge in [0.2, 0.25) is 5.91 Å². The van der Waals surface area contributed by atoms with E-state index >= 15 is 0 Å². The molecule has 3 nitrogen and oxygen atoms in total. The molecule has 4 heteroatoms. The Kier molecular flexibility index (Phi) is 3.17. The molecule has 0 saturated heterocycles. The van der Waals surface area contributed by atoms with Crippen molar-refractivity contribution in [3.05, 3.63) is 24.0 Å². The Morgan fingerprint density at radius 2 is 2.21 bits per heavy atom. The number of amides is 1. The predicted octanol–water partition coefficient (Wildman–Crippen LogP) is 3.17. The Hall–Kier alpha value is -1.58. The Morgan fingerprint density at radius 1 is 1.37 bits per heavy atom. The predicted molar refractivity (Wildman–Crippen MR) is 73.0 cm³/mol. The van der Waals surface area contributed by atoms with Crippen LogP contribution in [0.4, 0.5) is 15.8 Å². The van der Waals surface area contributed by atoms with Crippen LogP contribution >= 0.6 is 0 Å². The van der Waals surface area contributed by atoms with E-state index in [1.54, 1.807) is 6.07 Å². The van der Waals surface area contributed by atoms with E-state index in [-0.39, 0.29) is 11.6 Å². The monoisotopic (exact) mass is 262 g/mol. The van der Waals surface area contributed by atoms with Gasteiger partial charge in [-0.3, -0.25) is 4.79 Å². The van der Waals surface area contributed by atoms with Crippen LogP contribution in [-0.2, 0) is 4.79 Å². The summed E-state index contributed by atoms with van der Waals surface area (Å²) in [6.45, 7) is 0. The van der Waals surface area contributed by atoms with Crippen LogP contribution in [0.2, 0.25) is 0 Å². The van der Waals surface area contributed by atoms with Crippen molar-refractivity contribution >= 4 is 17.3 Å². The normalized spacial score (nSPS) is 28.6. The van der Waals surface area contributed by atoms with Crippen molar-refractivity contribution in [2.24, 2.45) is 17.8 Å². The number of anilines is 2. The summed E-state index contributed by atoms with van der Waals surface area (Å²) in [5.41, 5.74) is 6.13. The van der Waals surface area contributed by atoms with Crippen molar-refractivity contribution < 1.29 is 9.18 Å². The molecule has 3 rings (SSSR count). The number of halogens is 1. The van der Waals surface area contributed by atoms with Gasteiger partial charge in [-0.15, -0.1) is 0 Å². The minimum Gasteiger partial charge on any atom is -0.396 e. The fraction of sp³-hybridized carbons (Fsp3) is 0.533. The average Bonchev–Trinajstić information content (AvgIpc) is 2.96. The topological polar surface area (TPSA) is 55.1 Å². The Labute approximate surface area is 112 Å². The van der Waals surface area contributed by atoms with Crippen molar-refractivity contribution in [2.45, 2.75) is 32.1 Å². The third kappa shape index (κ3) is 2.57. The maximum absolute atomic E-state index is 13.0. The van der Waals surface area contributed by atoms with Crippen molar-refractivity contribution in [3.63, 3.8) is 0 Å². The van der Waals surface area contributed by atoms with Crippen LogP contribution in [0.15, 0.2) is 18.2 Å². The summed E-state index contributed by atoms with van der Waals surface area (Å²) in [5, 5.41) is 2.81. The molecule has 2 fully saturated rings. The zero-order valence-electron chi connectivity index (χ0n) is 10.9. The number of carbonyl (C=O) groups excluding carboxylic acids is 1. The lowest BCUT2D eigenvalue weighted by molar-refractivity contribution is -0.117. The van der Waals surface area contributed by atoms with Crippen LogP contribution < -0.4 is 11.1 Å². The molecule has 0 aliphatic heterocycles. The van der Waals surface area contributed by atoms with Crippen LogP contribution in [0, 0.1) is 23.6 Å². The van der Waals surface area contributed by atoms with Gasteiger partial charge in [0.25, 0.3) is 0 Å². The van der Waals surface area contributed by atoms with Crippen LogP contribution in [0.25, 0.3) is 0 Å². The first kappa shape index (κ1) is 12.5. The third-order valence-electron chi connectivity index (χ3n) is 4.61. The number of carbonyl (C=O) groups is 1. The fourth-order valence-electron chi connectivity index (χ4n) is 3.70. The SMILES string of the molecule is Nc1cc(NC(=O)CC2CC3CCC2C3)ccc1F. The standard InChI is InChI=1S/C15H19FN2O/c16-13-4-3-12(8-14(13)17)18-15(19)7-11-6-9-1-2-10(11)5-9/h3-4,8-11H,1-2,5-7,17H2,(H,18,19). The molecule has 2 aliphatic rings. The van der Waals surface area contributed by atoms with E-state index in [1.165, 1.54) is 37.8 Å². The number of hydrogen-bond donors (Lipinski definition) is 2. The highest BCUT2D eigenvalue weighted by molar-refractivity contribution is 5.91. The highest BCUT2D eigenvalue weighted by Gasteiger charge is 2.40. The van der Waals surface area contributed by atoms with E-state index in [1.807, 2.05) is 0 Å². The molecule has 2 bridgehead atoms. The summed E-state index contributed by atoms with van der Waals surface area (Å²) in [5.74, 6) is 1.70. The maximum Gasteiger partial charge on any atom is 0.224 e. The zero-order chi connectivity index (χ0) is 13.4. The van der Waals surface area contributed by atoms with Gasteiger partial charge in [0.1, 0.15) is 5.82 Å². The smallest absolute Gasteiger partial charge is 0.224 e. The molecule has 0 aromatic heterocycles. The molecule has 3 N–H and O–H groups in total. The lowest BCUT2D eigenvalue weighted by Gasteiger charge is -2.20. The van der Waals surface area contributed by atoms with Crippen molar-refractivity contribution in [1.29, 1.82) is 0 Å². The van der Waals surface area contributed by atoms with Crippen molar-refractivity contribution in [2.75, 3.05) is 11.1 Å². The number of nitrogens with two attached hydrogens (primary N) is 1. The summed E-state index contributed by atoms with van der Waals surface area (Å²) in [6.07, 6.45) is 5.72. The van der Waals surface area contributed by atoms with Gasteiger partial charge in [0.05, 0.1) is 5.69 Å². The summed E-state index contributed by atoms with van der Waals surface area (Å²) in [6, 6.07) is 4.29. The van der Waals surface area contributed by atoms with Crippen LogP contribution in [0.5, 0.6) is 0 Å². The largest absolute Gasteiger partial charge is 0.396 e. The van der Waals surface area contributed by atoms with E-state index in [0.29, 0.717) is 18.0 Å². The van der Waals surface area contributed by atoms with Crippen LogP contribution in [0.1, 0.15) is 32.1 Å². The first-order chi connectivity index (χ1) is 9.11. The zero-order valence-corrected chi connectivity index (χ0v) is 10.9. The molecular formula is C15H19FN2O. The molecule has 3 unspecified atom stereocenters. The number of fused-ring (bicyclic) bond motifs is 2. The second kappa shape index (κ2) is 4.83.